The Bertz CT molecular complexity index is 594. The molecule has 4 heteroatoms. The van der Waals surface area contributed by atoms with Crippen molar-refractivity contribution in [3.05, 3.63) is 34.2 Å². The lowest BCUT2D eigenvalue weighted by molar-refractivity contribution is 0.208. The van der Waals surface area contributed by atoms with E-state index >= 15 is 0 Å². The molecule has 84 valence electrons. The quantitative estimate of drug-likeness (QED) is 0.674. The number of rotatable bonds is 1. The molecule has 1 atom stereocenters. The summed E-state index contributed by atoms with van der Waals surface area (Å²) in [6.45, 7) is 5.41. The zero-order valence-corrected chi connectivity index (χ0v) is 9.42. The first-order valence-electron chi connectivity index (χ1n) is 5.53. The Morgan fingerprint density at radius 3 is 2.62 bits per heavy atom. The average molecular weight is 217 g/mol. The van der Waals surface area contributed by atoms with Crippen molar-refractivity contribution in [3.63, 3.8) is 0 Å². The van der Waals surface area contributed by atoms with Crippen LogP contribution in [0.3, 0.4) is 0 Å². The highest BCUT2D eigenvalue weighted by Crippen LogP contribution is 2.35. The predicted molar refractivity (Wildman–Crippen MR) is 63.7 cm³/mol. The first-order valence-corrected chi connectivity index (χ1v) is 5.53. The molecule has 1 unspecified atom stereocenters. The van der Waals surface area contributed by atoms with Crippen molar-refractivity contribution in [2.75, 3.05) is 6.54 Å². The fourth-order valence-electron chi connectivity index (χ4n) is 2.41. The van der Waals surface area contributed by atoms with E-state index in [1.54, 1.807) is 0 Å². The third kappa shape index (κ3) is 1.30. The molecule has 16 heavy (non-hydrogen) atoms. The fraction of sp³-hybridized carbons (Fsp3) is 0.417. The van der Waals surface area contributed by atoms with E-state index in [0.29, 0.717) is 5.92 Å². The maximum absolute atomic E-state index is 11.2. The molecule has 0 amide bonds. The minimum atomic E-state index is -0.141. The number of H-pyrrole nitrogens is 2. The Morgan fingerprint density at radius 2 is 2.00 bits per heavy atom. The number of hydrogen-bond acceptors (Lipinski definition) is 2. The second kappa shape index (κ2) is 2.98. The van der Waals surface area contributed by atoms with Crippen molar-refractivity contribution >= 4 is 11.0 Å². The summed E-state index contributed by atoms with van der Waals surface area (Å²) in [7, 11) is 0. The van der Waals surface area contributed by atoms with Gasteiger partial charge in [0.15, 0.2) is 0 Å². The Balaban J connectivity index is 2.08. The van der Waals surface area contributed by atoms with Gasteiger partial charge in [0.1, 0.15) is 0 Å². The molecule has 0 radical (unpaired) electrons. The third-order valence-electron chi connectivity index (χ3n) is 3.58. The Labute approximate surface area is 93.1 Å². The Morgan fingerprint density at radius 1 is 1.25 bits per heavy atom. The van der Waals surface area contributed by atoms with Gasteiger partial charge in [-0.2, -0.15) is 0 Å². The van der Waals surface area contributed by atoms with Crippen molar-refractivity contribution in [1.82, 2.24) is 15.3 Å². The monoisotopic (exact) mass is 217 g/mol. The number of aromatic nitrogens is 2. The van der Waals surface area contributed by atoms with E-state index in [0.717, 1.165) is 17.6 Å². The molecule has 0 aliphatic carbocycles. The van der Waals surface area contributed by atoms with Gasteiger partial charge in [0.05, 0.1) is 11.0 Å². The smallest absolute Gasteiger partial charge is 0.310 e. The molecular weight excluding hydrogens is 202 g/mol. The van der Waals surface area contributed by atoms with Crippen molar-refractivity contribution < 1.29 is 0 Å². The third-order valence-corrected chi connectivity index (χ3v) is 3.58. The van der Waals surface area contributed by atoms with Crippen LogP contribution in [0, 0.1) is 0 Å². The summed E-state index contributed by atoms with van der Waals surface area (Å²) in [5.41, 5.74) is 3.07. The molecule has 1 aliphatic heterocycles. The van der Waals surface area contributed by atoms with Crippen LogP contribution in [-0.4, -0.2) is 22.1 Å². The Hall–Kier alpha value is -1.55. The summed E-state index contributed by atoms with van der Waals surface area (Å²) in [6, 6.07) is 6.14. The molecule has 1 aliphatic rings. The van der Waals surface area contributed by atoms with Gasteiger partial charge >= 0.3 is 5.69 Å². The van der Waals surface area contributed by atoms with Crippen LogP contribution >= 0.6 is 0 Å². The van der Waals surface area contributed by atoms with Crippen LogP contribution in [0.2, 0.25) is 0 Å². The highest BCUT2D eigenvalue weighted by Gasteiger charge is 2.38. The van der Waals surface area contributed by atoms with Crippen molar-refractivity contribution in [2.24, 2.45) is 0 Å². The maximum atomic E-state index is 11.2. The zero-order valence-electron chi connectivity index (χ0n) is 9.42. The van der Waals surface area contributed by atoms with Crippen LogP contribution in [0.1, 0.15) is 25.3 Å². The molecule has 4 nitrogen and oxygen atoms in total. The number of nitrogens with one attached hydrogen (secondary N) is 3. The molecule has 1 saturated heterocycles. The van der Waals surface area contributed by atoms with Gasteiger partial charge in [0.2, 0.25) is 0 Å². The molecule has 0 saturated carbocycles. The SMILES string of the molecule is CC1(C)NCC1c1ccc2[nH]c(=O)[nH]c2c1. The van der Waals surface area contributed by atoms with Gasteiger partial charge in [-0.1, -0.05) is 6.07 Å². The second-order valence-electron chi connectivity index (χ2n) is 5.04. The minimum absolute atomic E-state index is 0.141. The second-order valence-corrected chi connectivity index (χ2v) is 5.04. The molecule has 0 bridgehead atoms. The lowest BCUT2D eigenvalue weighted by Gasteiger charge is -2.46. The number of imidazole rings is 1. The molecule has 3 rings (SSSR count). The molecule has 0 spiro atoms. The molecular formula is C12H15N3O. The summed E-state index contributed by atoms with van der Waals surface area (Å²) in [4.78, 5) is 16.7. The normalized spacial score (nSPS) is 23.2. The summed E-state index contributed by atoms with van der Waals surface area (Å²) in [5, 5.41) is 3.41. The number of fused-ring (bicyclic) bond motifs is 1. The van der Waals surface area contributed by atoms with Gasteiger partial charge in [-0.3, -0.25) is 0 Å². The molecule has 1 aromatic heterocycles. The van der Waals surface area contributed by atoms with Gasteiger partial charge in [-0.25, -0.2) is 4.79 Å². The first kappa shape index (κ1) is 9.66. The largest absolute Gasteiger partial charge is 0.323 e. The molecule has 2 heterocycles. The number of benzene rings is 1. The standard InChI is InChI=1S/C12H15N3O/c1-12(2)8(6-13-12)7-3-4-9-10(5-7)15-11(16)14-9/h3-5,8,13H,6H2,1-2H3,(H2,14,15,16). The van der Waals surface area contributed by atoms with Crippen LogP contribution < -0.4 is 11.0 Å². The summed E-state index contributed by atoms with van der Waals surface area (Å²) in [5.74, 6) is 0.523. The van der Waals surface area contributed by atoms with Gasteiger partial charge < -0.3 is 15.3 Å². The minimum Gasteiger partial charge on any atom is -0.310 e. The number of aromatic amines is 2. The van der Waals surface area contributed by atoms with E-state index in [1.807, 2.05) is 6.07 Å². The van der Waals surface area contributed by atoms with E-state index in [9.17, 15) is 4.79 Å². The van der Waals surface area contributed by atoms with Crippen LogP contribution in [0.4, 0.5) is 0 Å². The highest BCUT2D eigenvalue weighted by molar-refractivity contribution is 5.75. The van der Waals surface area contributed by atoms with Gasteiger partial charge in [-0.15, -0.1) is 0 Å². The first-order chi connectivity index (χ1) is 7.56. The van der Waals surface area contributed by atoms with Crippen LogP contribution in [-0.2, 0) is 0 Å². The van der Waals surface area contributed by atoms with Crippen molar-refractivity contribution in [1.29, 1.82) is 0 Å². The summed E-state index contributed by atoms with van der Waals surface area (Å²) in [6.07, 6.45) is 0. The topological polar surface area (TPSA) is 60.7 Å². The van der Waals surface area contributed by atoms with Crippen LogP contribution in [0.15, 0.2) is 23.0 Å². The van der Waals surface area contributed by atoms with Gasteiger partial charge in [0, 0.05) is 18.0 Å². The fourth-order valence-corrected chi connectivity index (χ4v) is 2.41. The highest BCUT2D eigenvalue weighted by atomic mass is 16.1. The van der Waals surface area contributed by atoms with Crippen LogP contribution in [0.25, 0.3) is 11.0 Å². The predicted octanol–water partition coefficient (Wildman–Crippen LogP) is 1.32. The average Bonchev–Trinajstić information content (AvgIpc) is 2.56. The van der Waals surface area contributed by atoms with Crippen molar-refractivity contribution in [2.45, 2.75) is 25.3 Å². The molecule has 3 N–H and O–H groups in total. The van der Waals surface area contributed by atoms with Crippen LogP contribution in [0.5, 0.6) is 0 Å². The molecule has 1 fully saturated rings. The van der Waals surface area contributed by atoms with E-state index in [-0.39, 0.29) is 11.2 Å². The molecule has 1 aromatic carbocycles. The molecule has 2 aromatic rings. The maximum Gasteiger partial charge on any atom is 0.323 e. The van der Waals surface area contributed by atoms with Crippen molar-refractivity contribution in [3.8, 4) is 0 Å². The van der Waals surface area contributed by atoms with E-state index in [2.05, 4.69) is 41.3 Å². The Kier molecular flexibility index (Phi) is 1.80. The van der Waals surface area contributed by atoms with E-state index in [4.69, 9.17) is 0 Å². The lowest BCUT2D eigenvalue weighted by Crippen LogP contribution is -2.59. The van der Waals surface area contributed by atoms with Gasteiger partial charge in [0.25, 0.3) is 0 Å². The summed E-state index contributed by atoms with van der Waals surface area (Å²) < 4.78 is 0. The summed E-state index contributed by atoms with van der Waals surface area (Å²) >= 11 is 0. The van der Waals surface area contributed by atoms with E-state index in [1.165, 1.54) is 5.56 Å². The van der Waals surface area contributed by atoms with E-state index < -0.39 is 0 Å². The lowest BCUT2D eigenvalue weighted by atomic mass is 9.75. The zero-order chi connectivity index (χ0) is 11.3. The number of hydrogen-bond donors (Lipinski definition) is 3. The van der Waals surface area contributed by atoms with Gasteiger partial charge in [-0.05, 0) is 31.5 Å².